The molecule has 0 N–H and O–H groups in total. The van der Waals surface area contributed by atoms with Crippen LogP contribution in [0.4, 0.5) is 0 Å². The van der Waals surface area contributed by atoms with E-state index in [1.165, 1.54) is 0 Å². The zero-order chi connectivity index (χ0) is 19.2. The van der Waals surface area contributed by atoms with Crippen LogP contribution in [0.5, 0.6) is 0 Å². The summed E-state index contributed by atoms with van der Waals surface area (Å²) in [7, 11) is 3.35. The minimum atomic E-state index is -0.680. The Hall–Kier alpha value is -2.26. The average molecular weight is 375 g/mol. The van der Waals surface area contributed by atoms with Crippen molar-refractivity contribution in [1.82, 2.24) is 24.6 Å². The predicted octanol–water partition coefficient (Wildman–Crippen LogP) is -0.315. The molecule has 1 aromatic rings. The van der Waals surface area contributed by atoms with Gasteiger partial charge in [-0.1, -0.05) is 12.2 Å². The third kappa shape index (κ3) is 2.76. The van der Waals surface area contributed by atoms with Gasteiger partial charge in [0.05, 0.1) is 37.6 Å². The molecule has 2 bridgehead atoms. The maximum atomic E-state index is 13.2. The number of likely N-dealkylation sites (tertiary alicyclic amines) is 1. The summed E-state index contributed by atoms with van der Waals surface area (Å²) in [6.45, 7) is 4.53. The number of aromatic nitrogens is 3. The number of fused-ring (bicyclic) bond motifs is 1. The van der Waals surface area contributed by atoms with Gasteiger partial charge in [-0.25, -0.2) is 0 Å². The number of carbonyl (C=O) groups is 2. The maximum Gasteiger partial charge on any atom is 0.230 e. The highest BCUT2D eigenvalue weighted by molar-refractivity contribution is 5.92. The van der Waals surface area contributed by atoms with E-state index in [0.717, 1.165) is 12.4 Å². The molecular formula is C18H25N5O4. The molecule has 27 heavy (non-hydrogen) atoms. The van der Waals surface area contributed by atoms with Crippen molar-refractivity contribution in [2.45, 2.75) is 31.7 Å². The SMILES string of the molecule is CCn1cnnc1CN(C)C(=O)[C@H]1[C@@H]2C=C[C@@]3(CN(CCOC)C(=O)[C@H]13)O2. The van der Waals surface area contributed by atoms with E-state index in [0.29, 0.717) is 26.2 Å². The van der Waals surface area contributed by atoms with Crippen molar-refractivity contribution in [3.05, 3.63) is 24.3 Å². The van der Waals surface area contributed by atoms with E-state index in [9.17, 15) is 9.59 Å². The molecule has 2 saturated heterocycles. The van der Waals surface area contributed by atoms with Crippen LogP contribution in [0.25, 0.3) is 0 Å². The molecule has 2 fully saturated rings. The Balaban J connectivity index is 1.52. The number of carbonyl (C=O) groups excluding carboxylic acids is 2. The van der Waals surface area contributed by atoms with Gasteiger partial charge in [0, 0.05) is 27.2 Å². The molecule has 0 radical (unpaired) electrons. The zero-order valence-electron chi connectivity index (χ0n) is 15.9. The Labute approximate surface area is 157 Å². The second-order valence-electron chi connectivity index (χ2n) is 7.38. The maximum absolute atomic E-state index is 13.2. The number of amides is 2. The minimum Gasteiger partial charge on any atom is -0.383 e. The molecule has 1 aromatic heterocycles. The van der Waals surface area contributed by atoms with Crippen LogP contribution in [0, 0.1) is 11.8 Å². The Morgan fingerprint density at radius 1 is 1.52 bits per heavy atom. The van der Waals surface area contributed by atoms with Gasteiger partial charge in [-0.05, 0) is 6.92 Å². The van der Waals surface area contributed by atoms with E-state index in [1.807, 2.05) is 23.6 Å². The molecule has 146 valence electrons. The minimum absolute atomic E-state index is 0.0256. The monoisotopic (exact) mass is 375 g/mol. The third-order valence-electron chi connectivity index (χ3n) is 5.82. The van der Waals surface area contributed by atoms with Crippen molar-refractivity contribution in [2.75, 3.05) is 33.9 Å². The Morgan fingerprint density at radius 3 is 3.07 bits per heavy atom. The van der Waals surface area contributed by atoms with E-state index in [-0.39, 0.29) is 17.9 Å². The summed E-state index contributed by atoms with van der Waals surface area (Å²) >= 11 is 0. The molecule has 4 rings (SSSR count). The molecule has 2 amide bonds. The fourth-order valence-corrected chi connectivity index (χ4v) is 4.46. The van der Waals surface area contributed by atoms with Gasteiger partial charge in [0.1, 0.15) is 11.9 Å². The first kappa shape index (κ1) is 18.1. The van der Waals surface area contributed by atoms with Crippen LogP contribution in [-0.2, 0) is 32.2 Å². The molecule has 1 spiro atoms. The topological polar surface area (TPSA) is 89.8 Å². The number of rotatable bonds is 7. The molecule has 9 nitrogen and oxygen atoms in total. The quantitative estimate of drug-likeness (QED) is 0.607. The zero-order valence-corrected chi connectivity index (χ0v) is 15.9. The van der Waals surface area contributed by atoms with E-state index in [1.54, 1.807) is 30.3 Å². The highest BCUT2D eigenvalue weighted by Gasteiger charge is 2.67. The summed E-state index contributed by atoms with van der Waals surface area (Å²) in [6, 6.07) is 0. The normalized spacial score (nSPS) is 31.0. The van der Waals surface area contributed by atoms with Gasteiger partial charge in [0.15, 0.2) is 5.82 Å². The standard InChI is InChI=1S/C18H25N5O4/c1-4-22-11-19-20-13(22)9-21(2)16(24)14-12-5-6-18(27-12)10-23(7-8-26-3)17(25)15(14)18/h5-6,11-12,14-15H,4,7-10H2,1-3H3/t12-,14-,15-,18-/m0/s1. The molecule has 0 aromatic carbocycles. The van der Waals surface area contributed by atoms with E-state index < -0.39 is 17.4 Å². The average Bonchev–Trinajstić information content (AvgIpc) is 3.40. The van der Waals surface area contributed by atoms with Crippen LogP contribution < -0.4 is 0 Å². The molecule has 9 heteroatoms. The van der Waals surface area contributed by atoms with Crippen LogP contribution >= 0.6 is 0 Å². The number of methoxy groups -OCH3 is 1. The van der Waals surface area contributed by atoms with Crippen molar-refractivity contribution in [3.63, 3.8) is 0 Å². The molecule has 0 aliphatic carbocycles. The van der Waals surface area contributed by atoms with Gasteiger partial charge >= 0.3 is 0 Å². The van der Waals surface area contributed by atoms with E-state index >= 15 is 0 Å². The number of nitrogens with zero attached hydrogens (tertiary/aromatic N) is 5. The molecule has 0 unspecified atom stereocenters. The lowest BCUT2D eigenvalue weighted by atomic mass is 9.76. The molecule has 3 aliphatic heterocycles. The number of hydrogen-bond donors (Lipinski definition) is 0. The smallest absolute Gasteiger partial charge is 0.230 e. The number of hydrogen-bond acceptors (Lipinski definition) is 6. The van der Waals surface area contributed by atoms with Gasteiger partial charge in [-0.15, -0.1) is 10.2 Å². The molecule has 0 saturated carbocycles. The first-order chi connectivity index (χ1) is 13.0. The fourth-order valence-electron chi connectivity index (χ4n) is 4.46. The fraction of sp³-hybridized carbons (Fsp3) is 0.667. The summed E-state index contributed by atoms with van der Waals surface area (Å²) in [4.78, 5) is 29.6. The summed E-state index contributed by atoms with van der Waals surface area (Å²) in [5.41, 5.74) is -0.680. The lowest BCUT2D eigenvalue weighted by Gasteiger charge is -2.27. The van der Waals surface area contributed by atoms with Gasteiger partial charge in [0.2, 0.25) is 11.8 Å². The van der Waals surface area contributed by atoms with Crippen molar-refractivity contribution < 1.29 is 19.1 Å². The lowest BCUT2D eigenvalue weighted by molar-refractivity contribution is -0.143. The van der Waals surface area contributed by atoms with Gasteiger partial charge < -0.3 is 23.8 Å². The Kier molecular flexibility index (Phi) is 4.51. The number of aryl methyl sites for hydroxylation is 1. The van der Waals surface area contributed by atoms with Crippen molar-refractivity contribution in [2.24, 2.45) is 11.8 Å². The summed E-state index contributed by atoms with van der Waals surface area (Å²) in [5.74, 6) is -0.366. The van der Waals surface area contributed by atoms with Crippen molar-refractivity contribution >= 4 is 11.8 Å². The van der Waals surface area contributed by atoms with Crippen LogP contribution in [0.1, 0.15) is 12.7 Å². The lowest BCUT2D eigenvalue weighted by Crippen LogP contribution is -2.44. The second-order valence-corrected chi connectivity index (χ2v) is 7.38. The Morgan fingerprint density at radius 2 is 2.33 bits per heavy atom. The summed E-state index contributed by atoms with van der Waals surface area (Å²) in [6.07, 6.45) is 5.20. The van der Waals surface area contributed by atoms with Gasteiger partial charge in [-0.3, -0.25) is 9.59 Å². The van der Waals surface area contributed by atoms with E-state index in [4.69, 9.17) is 9.47 Å². The van der Waals surface area contributed by atoms with Crippen molar-refractivity contribution in [1.29, 1.82) is 0 Å². The number of ether oxygens (including phenoxy) is 2. The molecular weight excluding hydrogens is 350 g/mol. The third-order valence-corrected chi connectivity index (χ3v) is 5.82. The molecule has 4 atom stereocenters. The van der Waals surface area contributed by atoms with E-state index in [2.05, 4.69) is 10.2 Å². The van der Waals surface area contributed by atoms with Crippen LogP contribution in [0.3, 0.4) is 0 Å². The van der Waals surface area contributed by atoms with Gasteiger partial charge in [-0.2, -0.15) is 0 Å². The predicted molar refractivity (Wildman–Crippen MR) is 94.4 cm³/mol. The first-order valence-corrected chi connectivity index (χ1v) is 9.27. The molecule has 3 aliphatic rings. The summed E-state index contributed by atoms with van der Waals surface area (Å²) in [5, 5.41) is 8.00. The summed E-state index contributed by atoms with van der Waals surface area (Å²) < 4.78 is 13.1. The first-order valence-electron chi connectivity index (χ1n) is 9.27. The highest BCUT2D eigenvalue weighted by atomic mass is 16.5. The Bertz CT molecular complexity index is 778. The van der Waals surface area contributed by atoms with Crippen LogP contribution in [0.2, 0.25) is 0 Å². The highest BCUT2D eigenvalue weighted by Crippen LogP contribution is 2.52. The molecule has 4 heterocycles. The van der Waals surface area contributed by atoms with Gasteiger partial charge in [0.25, 0.3) is 0 Å². The van der Waals surface area contributed by atoms with Crippen LogP contribution in [0.15, 0.2) is 18.5 Å². The van der Waals surface area contributed by atoms with Crippen molar-refractivity contribution in [3.8, 4) is 0 Å². The van der Waals surface area contributed by atoms with Crippen LogP contribution in [-0.4, -0.2) is 81.9 Å². The second kappa shape index (κ2) is 6.72. The largest absolute Gasteiger partial charge is 0.383 e.